The number of hydrogen-bond acceptors (Lipinski definition) is 2. The number of aromatic nitrogens is 1. The molecule has 1 amide bonds. The zero-order chi connectivity index (χ0) is 15.0. The second-order valence-electron chi connectivity index (χ2n) is 4.99. The van der Waals surface area contributed by atoms with Gasteiger partial charge in [0, 0.05) is 24.8 Å². The maximum absolute atomic E-state index is 13.0. The van der Waals surface area contributed by atoms with Crippen molar-refractivity contribution in [3.8, 4) is 0 Å². The van der Waals surface area contributed by atoms with Gasteiger partial charge in [0.15, 0.2) is 5.78 Å². The topological polar surface area (TPSA) is 51.1 Å². The van der Waals surface area contributed by atoms with Crippen molar-refractivity contribution >= 4 is 29.0 Å². The number of hydrogen-bond donors (Lipinski definition) is 1. The molecule has 1 N–H and O–H groups in total. The number of ketones is 1. The summed E-state index contributed by atoms with van der Waals surface area (Å²) in [5.74, 6) is -1.20. The van der Waals surface area contributed by atoms with Gasteiger partial charge in [-0.1, -0.05) is 11.6 Å². The van der Waals surface area contributed by atoms with E-state index in [9.17, 15) is 14.0 Å². The van der Waals surface area contributed by atoms with Crippen LogP contribution in [0.1, 0.15) is 16.9 Å². The van der Waals surface area contributed by atoms with E-state index in [4.69, 9.17) is 11.6 Å². The van der Waals surface area contributed by atoms with E-state index in [2.05, 4.69) is 5.32 Å². The molecule has 1 aromatic carbocycles. The largest absolute Gasteiger partial charge is 0.344 e. The molecule has 3 rings (SSSR count). The van der Waals surface area contributed by atoms with Crippen LogP contribution in [0.2, 0.25) is 5.02 Å². The van der Waals surface area contributed by atoms with E-state index in [1.807, 2.05) is 16.8 Å². The predicted octanol–water partition coefficient (Wildman–Crippen LogP) is 3.12. The molecule has 0 saturated heterocycles. The van der Waals surface area contributed by atoms with Gasteiger partial charge in [0.05, 0.1) is 16.6 Å². The molecule has 0 spiro atoms. The van der Waals surface area contributed by atoms with Crippen LogP contribution in [0.4, 0.5) is 10.1 Å². The van der Waals surface area contributed by atoms with Crippen LogP contribution < -0.4 is 5.32 Å². The third-order valence-corrected chi connectivity index (χ3v) is 3.79. The summed E-state index contributed by atoms with van der Waals surface area (Å²) in [7, 11) is 0. The van der Waals surface area contributed by atoms with Crippen LogP contribution in [-0.2, 0) is 11.3 Å². The van der Waals surface area contributed by atoms with Crippen LogP contribution in [-0.4, -0.2) is 16.3 Å². The van der Waals surface area contributed by atoms with Crippen molar-refractivity contribution in [3.63, 3.8) is 0 Å². The minimum absolute atomic E-state index is 0.0210. The molecule has 2 heterocycles. The van der Waals surface area contributed by atoms with Gasteiger partial charge < -0.3 is 9.88 Å². The first-order valence-corrected chi connectivity index (χ1v) is 6.86. The van der Waals surface area contributed by atoms with Gasteiger partial charge in [-0.25, -0.2) is 4.39 Å². The molecule has 0 aliphatic carbocycles. The van der Waals surface area contributed by atoms with E-state index < -0.39 is 5.82 Å². The van der Waals surface area contributed by atoms with Gasteiger partial charge in [-0.15, -0.1) is 0 Å². The molecule has 4 nitrogen and oxygen atoms in total. The van der Waals surface area contributed by atoms with E-state index in [1.165, 1.54) is 18.2 Å². The minimum Gasteiger partial charge on any atom is -0.344 e. The molecule has 0 bridgehead atoms. The number of halogens is 2. The van der Waals surface area contributed by atoms with E-state index in [1.54, 1.807) is 6.07 Å². The van der Waals surface area contributed by atoms with Gasteiger partial charge >= 0.3 is 0 Å². The minimum atomic E-state index is -0.542. The van der Waals surface area contributed by atoms with Gasteiger partial charge in [0.2, 0.25) is 5.91 Å². The Balaban J connectivity index is 1.64. The summed E-state index contributed by atoms with van der Waals surface area (Å²) >= 11 is 5.65. The van der Waals surface area contributed by atoms with Crippen LogP contribution in [0, 0.1) is 11.7 Å². The smallest absolute Gasteiger partial charge is 0.225 e. The highest BCUT2D eigenvalue weighted by Crippen LogP contribution is 2.25. The van der Waals surface area contributed by atoms with Gasteiger partial charge in [-0.05, 0) is 30.3 Å². The van der Waals surface area contributed by atoms with E-state index in [-0.39, 0.29) is 29.1 Å². The summed E-state index contributed by atoms with van der Waals surface area (Å²) < 4.78 is 14.9. The molecule has 1 aliphatic rings. The molecule has 1 atom stereocenters. The molecule has 0 radical (unpaired) electrons. The number of Topliss-reactive ketones (excluding diaryl/α,β-unsaturated/α-hetero) is 1. The number of benzene rings is 1. The summed E-state index contributed by atoms with van der Waals surface area (Å²) in [4.78, 5) is 24.0. The second-order valence-corrected chi connectivity index (χ2v) is 5.40. The lowest BCUT2D eigenvalue weighted by Gasteiger charge is -2.09. The summed E-state index contributed by atoms with van der Waals surface area (Å²) in [6, 6.07) is 7.52. The van der Waals surface area contributed by atoms with E-state index in [0.29, 0.717) is 17.9 Å². The lowest BCUT2D eigenvalue weighted by atomic mass is 10.0. The van der Waals surface area contributed by atoms with Crippen molar-refractivity contribution in [1.82, 2.24) is 4.57 Å². The fourth-order valence-electron chi connectivity index (χ4n) is 2.49. The number of amides is 1. The van der Waals surface area contributed by atoms with Gasteiger partial charge in [0.25, 0.3) is 0 Å². The molecule has 1 aliphatic heterocycles. The Hall–Kier alpha value is -2.14. The molecular formula is C15H12ClFN2O2. The highest BCUT2D eigenvalue weighted by atomic mass is 35.5. The van der Waals surface area contributed by atoms with Crippen LogP contribution in [0.5, 0.6) is 0 Å². The average Bonchev–Trinajstić information content (AvgIpc) is 2.99. The number of nitrogens with one attached hydrogen (secondary N) is 1. The fourth-order valence-corrected chi connectivity index (χ4v) is 2.67. The standard InChI is InChI=1S/C15H12ClFN2O2/c16-11-7-10(3-4-12(11)17)18-14(20)6-9-8-19-5-1-2-13(19)15(9)21/h1-5,7,9H,6,8H2,(H,18,20). The van der Waals surface area contributed by atoms with Crippen molar-refractivity contribution in [2.45, 2.75) is 13.0 Å². The van der Waals surface area contributed by atoms with Gasteiger partial charge in [0.1, 0.15) is 5.82 Å². The summed E-state index contributed by atoms with van der Waals surface area (Å²) in [6.45, 7) is 0.513. The highest BCUT2D eigenvalue weighted by molar-refractivity contribution is 6.31. The Kier molecular flexibility index (Phi) is 3.51. The van der Waals surface area contributed by atoms with Gasteiger partial charge in [-0.2, -0.15) is 0 Å². The molecule has 6 heteroatoms. The number of fused-ring (bicyclic) bond motifs is 1. The molecule has 1 unspecified atom stereocenters. The highest BCUT2D eigenvalue weighted by Gasteiger charge is 2.31. The van der Waals surface area contributed by atoms with Crippen molar-refractivity contribution in [1.29, 1.82) is 0 Å². The van der Waals surface area contributed by atoms with Crippen molar-refractivity contribution in [2.75, 3.05) is 5.32 Å². The summed E-state index contributed by atoms with van der Waals surface area (Å²) in [6.07, 6.45) is 1.92. The molecule has 21 heavy (non-hydrogen) atoms. The fraction of sp³-hybridized carbons (Fsp3) is 0.200. The van der Waals surface area contributed by atoms with Crippen molar-refractivity contribution < 1.29 is 14.0 Å². The first-order valence-electron chi connectivity index (χ1n) is 6.49. The Morgan fingerprint density at radius 2 is 2.24 bits per heavy atom. The Labute approximate surface area is 125 Å². The monoisotopic (exact) mass is 306 g/mol. The van der Waals surface area contributed by atoms with Crippen molar-refractivity contribution in [2.24, 2.45) is 5.92 Å². The zero-order valence-corrected chi connectivity index (χ0v) is 11.7. The Bertz CT molecular complexity index is 726. The number of carbonyl (C=O) groups is 2. The summed E-state index contributed by atoms with van der Waals surface area (Å²) in [5, 5.41) is 2.57. The molecule has 0 saturated carbocycles. The molecule has 2 aromatic rings. The van der Waals surface area contributed by atoms with Gasteiger partial charge in [-0.3, -0.25) is 9.59 Å². The number of nitrogens with zero attached hydrogens (tertiary/aromatic N) is 1. The van der Waals surface area contributed by atoms with Crippen LogP contribution in [0.3, 0.4) is 0 Å². The van der Waals surface area contributed by atoms with Crippen molar-refractivity contribution in [3.05, 3.63) is 53.1 Å². The maximum atomic E-state index is 13.0. The lowest BCUT2D eigenvalue weighted by molar-refractivity contribution is -0.116. The first kappa shape index (κ1) is 13.8. The zero-order valence-electron chi connectivity index (χ0n) is 11.0. The predicted molar refractivity (Wildman–Crippen MR) is 76.9 cm³/mol. The molecule has 108 valence electrons. The summed E-state index contributed by atoms with van der Waals surface area (Å²) in [5.41, 5.74) is 1.05. The first-order chi connectivity index (χ1) is 10.0. The normalized spacial score (nSPS) is 16.9. The molecule has 0 fully saturated rings. The van der Waals surface area contributed by atoms with Crippen LogP contribution in [0.15, 0.2) is 36.5 Å². The van der Waals surface area contributed by atoms with Crippen LogP contribution >= 0.6 is 11.6 Å². The number of carbonyl (C=O) groups excluding carboxylic acids is 2. The average molecular weight is 307 g/mol. The second kappa shape index (κ2) is 5.33. The molecule has 1 aromatic heterocycles. The quantitative estimate of drug-likeness (QED) is 0.947. The van der Waals surface area contributed by atoms with Crippen LogP contribution in [0.25, 0.3) is 0 Å². The maximum Gasteiger partial charge on any atom is 0.225 e. The SMILES string of the molecule is O=C(CC1Cn2cccc2C1=O)Nc1ccc(F)c(Cl)c1. The lowest BCUT2D eigenvalue weighted by Crippen LogP contribution is -2.20. The van der Waals surface area contributed by atoms with E-state index >= 15 is 0 Å². The number of anilines is 1. The number of rotatable bonds is 3. The van der Waals surface area contributed by atoms with E-state index in [0.717, 1.165) is 0 Å². The third-order valence-electron chi connectivity index (χ3n) is 3.51. The Morgan fingerprint density at radius 1 is 1.43 bits per heavy atom. The third kappa shape index (κ3) is 2.69. The molecular weight excluding hydrogens is 295 g/mol. The Morgan fingerprint density at radius 3 is 2.95 bits per heavy atom.